The van der Waals surface area contributed by atoms with E-state index in [1.165, 1.54) is 0 Å². The van der Waals surface area contributed by atoms with Crippen molar-refractivity contribution >= 4 is 5.97 Å². The quantitative estimate of drug-likeness (QED) is 0.440. The molecule has 0 aliphatic carbocycles. The fraction of sp³-hybridized carbons (Fsp3) is 0.625. The molecule has 0 aromatic heterocycles. The molecule has 0 aromatic rings. The first-order valence-corrected chi connectivity index (χ1v) is 3.94. The third kappa shape index (κ3) is 3.19. The minimum atomic E-state index is -5.37. The molecule has 0 fully saturated rings. The Morgan fingerprint density at radius 3 is 2.27 bits per heavy atom. The number of esters is 1. The lowest BCUT2D eigenvalue weighted by molar-refractivity contribution is -0.238. The van der Waals surface area contributed by atoms with Crippen LogP contribution in [0.25, 0.3) is 0 Å². The molecule has 88 valence electrons. The topological polar surface area (TPSA) is 46.5 Å². The number of rotatable bonds is 5. The Hall–Kier alpha value is -1.11. The largest absolute Gasteiger partial charge is 0.461 e. The van der Waals surface area contributed by atoms with Crippen molar-refractivity contribution in [3.05, 3.63) is 12.7 Å². The summed E-state index contributed by atoms with van der Waals surface area (Å²) in [5.74, 6) is -2.07. The summed E-state index contributed by atoms with van der Waals surface area (Å²) in [6.45, 7) is 1.57. The summed E-state index contributed by atoms with van der Waals surface area (Å²) in [6, 6.07) is 0. The zero-order valence-electron chi connectivity index (χ0n) is 7.68. The van der Waals surface area contributed by atoms with Gasteiger partial charge in [0.25, 0.3) is 0 Å². The van der Waals surface area contributed by atoms with Crippen LogP contribution in [-0.4, -0.2) is 36.1 Å². The average Bonchev–Trinajstić information content (AvgIpc) is 2.12. The van der Waals surface area contributed by atoms with Crippen LogP contribution in [0, 0.1) is 0 Å². The summed E-state index contributed by atoms with van der Waals surface area (Å²) >= 11 is 0. The number of hydrogen-bond acceptors (Lipinski definition) is 3. The fourth-order valence-electron chi connectivity index (χ4n) is 0.766. The molecule has 3 nitrogen and oxygen atoms in total. The van der Waals surface area contributed by atoms with Crippen LogP contribution in [0.4, 0.5) is 17.6 Å². The van der Waals surface area contributed by atoms with Crippen molar-refractivity contribution in [1.29, 1.82) is 0 Å². The summed E-state index contributed by atoms with van der Waals surface area (Å²) in [4.78, 5) is 10.8. The zero-order chi connectivity index (χ0) is 12.1. The summed E-state index contributed by atoms with van der Waals surface area (Å²) in [6.07, 6.45) is -5.96. The first-order valence-electron chi connectivity index (χ1n) is 3.94. The monoisotopic (exact) mass is 230 g/mol. The Labute approximate surface area is 83.3 Å². The van der Waals surface area contributed by atoms with Gasteiger partial charge in [0.05, 0.1) is 6.61 Å². The lowest BCUT2D eigenvalue weighted by atomic mass is 10.0. The van der Waals surface area contributed by atoms with E-state index in [4.69, 9.17) is 5.11 Å². The molecular weight excluding hydrogens is 220 g/mol. The van der Waals surface area contributed by atoms with Gasteiger partial charge in [0, 0.05) is 6.42 Å². The highest BCUT2D eigenvalue weighted by Gasteiger charge is 2.62. The maximum atomic E-state index is 13.3. The number of ether oxygens (including phenoxy) is 1. The van der Waals surface area contributed by atoms with Gasteiger partial charge in [0.2, 0.25) is 0 Å². The molecule has 0 saturated carbocycles. The molecule has 7 heteroatoms. The van der Waals surface area contributed by atoms with Crippen molar-refractivity contribution in [3.63, 3.8) is 0 Å². The van der Waals surface area contributed by atoms with Crippen LogP contribution in [0.1, 0.15) is 6.42 Å². The van der Waals surface area contributed by atoms with Gasteiger partial charge in [-0.3, -0.25) is 0 Å². The van der Waals surface area contributed by atoms with Crippen molar-refractivity contribution in [2.45, 2.75) is 18.3 Å². The highest BCUT2D eigenvalue weighted by molar-refractivity contribution is 5.80. The Bertz CT molecular complexity index is 239. The molecule has 0 rings (SSSR count). The third-order valence-electron chi connectivity index (χ3n) is 1.52. The SMILES string of the molecule is C=CCC(F)(C(=O)OCCO)C(F)(F)F. The lowest BCUT2D eigenvalue weighted by Gasteiger charge is -2.24. The Morgan fingerprint density at radius 1 is 1.40 bits per heavy atom. The summed E-state index contributed by atoms with van der Waals surface area (Å²) in [5.41, 5.74) is -4.09. The molecule has 1 unspecified atom stereocenters. The number of alkyl halides is 4. The number of aliphatic hydroxyl groups excluding tert-OH is 1. The average molecular weight is 230 g/mol. The minimum Gasteiger partial charge on any atom is -0.461 e. The smallest absolute Gasteiger partial charge is 0.433 e. The van der Waals surface area contributed by atoms with Crippen LogP contribution in [0.5, 0.6) is 0 Å². The Balaban J connectivity index is 4.78. The predicted molar refractivity (Wildman–Crippen MR) is 42.8 cm³/mol. The van der Waals surface area contributed by atoms with Crippen LogP contribution in [0.15, 0.2) is 12.7 Å². The Morgan fingerprint density at radius 2 is 1.93 bits per heavy atom. The number of aliphatic hydroxyl groups is 1. The molecule has 0 amide bonds. The van der Waals surface area contributed by atoms with E-state index < -0.39 is 37.4 Å². The number of carbonyl (C=O) groups excluding carboxylic acids is 1. The van der Waals surface area contributed by atoms with Gasteiger partial charge in [-0.1, -0.05) is 6.08 Å². The minimum absolute atomic E-state index is 0.633. The van der Waals surface area contributed by atoms with Crippen LogP contribution >= 0.6 is 0 Å². The molecule has 0 saturated heterocycles. The van der Waals surface area contributed by atoms with Crippen molar-refractivity contribution in [2.24, 2.45) is 0 Å². The molecule has 0 aromatic carbocycles. The normalized spacial score (nSPS) is 15.5. The van der Waals surface area contributed by atoms with Gasteiger partial charge in [-0.15, -0.1) is 6.58 Å². The second-order valence-corrected chi connectivity index (χ2v) is 2.65. The number of carbonyl (C=O) groups is 1. The molecule has 0 heterocycles. The predicted octanol–water partition coefficient (Wildman–Crippen LogP) is 1.37. The molecule has 0 aliphatic rings. The molecular formula is C8H10F4O3. The van der Waals surface area contributed by atoms with Gasteiger partial charge in [0.1, 0.15) is 6.61 Å². The summed E-state index contributed by atoms with van der Waals surface area (Å²) in [7, 11) is 0. The van der Waals surface area contributed by atoms with E-state index in [0.717, 1.165) is 0 Å². The van der Waals surface area contributed by atoms with E-state index in [9.17, 15) is 22.4 Å². The maximum Gasteiger partial charge on any atom is 0.433 e. The third-order valence-corrected chi connectivity index (χ3v) is 1.52. The van der Waals surface area contributed by atoms with Crippen LogP contribution in [-0.2, 0) is 9.53 Å². The van der Waals surface area contributed by atoms with Crippen molar-refractivity contribution in [3.8, 4) is 0 Å². The Kier molecular flexibility index (Phi) is 4.73. The lowest BCUT2D eigenvalue weighted by Crippen LogP contribution is -2.49. The molecule has 0 spiro atoms. The summed E-state index contributed by atoms with van der Waals surface area (Å²) < 4.78 is 53.7. The highest BCUT2D eigenvalue weighted by Crippen LogP contribution is 2.38. The van der Waals surface area contributed by atoms with Crippen molar-refractivity contribution in [2.75, 3.05) is 13.2 Å². The number of hydrogen-bond donors (Lipinski definition) is 1. The second-order valence-electron chi connectivity index (χ2n) is 2.65. The van der Waals surface area contributed by atoms with E-state index in [1.54, 1.807) is 0 Å². The number of halogens is 4. The molecule has 0 bridgehead atoms. The van der Waals surface area contributed by atoms with Gasteiger partial charge < -0.3 is 9.84 Å². The fourth-order valence-corrected chi connectivity index (χ4v) is 0.766. The highest BCUT2D eigenvalue weighted by atomic mass is 19.4. The summed E-state index contributed by atoms with van der Waals surface area (Å²) in [5, 5.41) is 8.21. The van der Waals surface area contributed by atoms with Gasteiger partial charge >= 0.3 is 17.8 Å². The molecule has 1 atom stereocenters. The second kappa shape index (κ2) is 5.11. The van der Waals surface area contributed by atoms with Crippen molar-refractivity contribution in [1.82, 2.24) is 0 Å². The van der Waals surface area contributed by atoms with Crippen molar-refractivity contribution < 1.29 is 32.2 Å². The maximum absolute atomic E-state index is 13.3. The van der Waals surface area contributed by atoms with Crippen LogP contribution in [0.2, 0.25) is 0 Å². The first-order chi connectivity index (χ1) is 6.79. The number of allylic oxidation sites excluding steroid dienone is 1. The van der Waals surface area contributed by atoms with E-state index in [0.29, 0.717) is 6.08 Å². The molecule has 15 heavy (non-hydrogen) atoms. The van der Waals surface area contributed by atoms with E-state index >= 15 is 0 Å². The first kappa shape index (κ1) is 13.9. The van der Waals surface area contributed by atoms with Crippen LogP contribution < -0.4 is 0 Å². The molecule has 1 N–H and O–H groups in total. The van der Waals surface area contributed by atoms with E-state index in [-0.39, 0.29) is 0 Å². The molecule has 0 radical (unpaired) electrons. The molecule has 0 aliphatic heterocycles. The standard InChI is InChI=1S/C8H10F4O3/c1-2-3-7(9,8(10,11)12)6(14)15-5-4-13/h2,13H,1,3-5H2. The van der Waals surface area contributed by atoms with Gasteiger partial charge in [-0.05, 0) is 0 Å². The van der Waals surface area contributed by atoms with Crippen LogP contribution in [0.3, 0.4) is 0 Å². The van der Waals surface area contributed by atoms with Gasteiger partial charge in [0.15, 0.2) is 0 Å². The van der Waals surface area contributed by atoms with E-state index in [1.807, 2.05) is 0 Å². The zero-order valence-corrected chi connectivity index (χ0v) is 7.68. The van der Waals surface area contributed by atoms with E-state index in [2.05, 4.69) is 11.3 Å². The van der Waals surface area contributed by atoms with Gasteiger partial charge in [-0.25, -0.2) is 9.18 Å². The van der Waals surface area contributed by atoms with Gasteiger partial charge in [-0.2, -0.15) is 13.2 Å².